The summed E-state index contributed by atoms with van der Waals surface area (Å²) in [6.07, 6.45) is 1.69. The van der Waals surface area contributed by atoms with E-state index >= 15 is 0 Å². The van der Waals surface area contributed by atoms with Crippen molar-refractivity contribution in [2.24, 2.45) is 16.8 Å². The zero-order valence-electron chi connectivity index (χ0n) is 11.9. The van der Waals surface area contributed by atoms with Gasteiger partial charge in [0.2, 0.25) is 0 Å². The lowest BCUT2D eigenvalue weighted by Gasteiger charge is -2.08. The summed E-state index contributed by atoms with van der Waals surface area (Å²) in [6, 6.07) is 9.40. The molecule has 0 spiro atoms. The predicted octanol–water partition coefficient (Wildman–Crippen LogP) is 2.08. The van der Waals surface area contributed by atoms with Gasteiger partial charge in [0.05, 0.1) is 5.92 Å². The maximum Gasteiger partial charge on any atom is 0.337 e. The van der Waals surface area contributed by atoms with Gasteiger partial charge in [0, 0.05) is 11.6 Å². The van der Waals surface area contributed by atoms with E-state index in [1.54, 1.807) is 26.1 Å². The lowest BCUT2D eigenvalue weighted by atomic mass is 10.2. The minimum Gasteiger partial charge on any atom is -0.483 e. The Morgan fingerprint density at radius 1 is 1.33 bits per heavy atom. The van der Waals surface area contributed by atoms with Gasteiger partial charge in [0.25, 0.3) is 0 Å². The first-order chi connectivity index (χ1) is 10.1. The molecule has 0 fully saturated rings. The molecule has 2 N–H and O–H groups in total. The minimum atomic E-state index is -0.440. The molecule has 0 aliphatic carbocycles. The summed E-state index contributed by atoms with van der Waals surface area (Å²) in [6.45, 7) is 3.44. The summed E-state index contributed by atoms with van der Waals surface area (Å²) >= 11 is 0. The normalized spacial score (nSPS) is 11.7. The molecule has 1 aromatic heterocycles. The molecule has 6 heteroatoms. The number of carbonyl (C=O) groups is 1. The van der Waals surface area contributed by atoms with Gasteiger partial charge >= 0.3 is 5.97 Å². The van der Waals surface area contributed by atoms with Crippen LogP contribution in [0.25, 0.3) is 10.9 Å². The number of amidine groups is 1. The smallest absolute Gasteiger partial charge is 0.337 e. The fourth-order valence-corrected chi connectivity index (χ4v) is 1.58. The average Bonchev–Trinajstić information content (AvgIpc) is 2.50. The van der Waals surface area contributed by atoms with Gasteiger partial charge in [-0.2, -0.15) is 0 Å². The van der Waals surface area contributed by atoms with Crippen LogP contribution < -0.4 is 10.5 Å². The van der Waals surface area contributed by atoms with Crippen molar-refractivity contribution in [1.82, 2.24) is 4.98 Å². The minimum absolute atomic E-state index is 0.0149. The zero-order valence-corrected chi connectivity index (χ0v) is 11.9. The molecule has 1 aromatic carbocycles. The van der Waals surface area contributed by atoms with Gasteiger partial charge in [-0.15, -0.1) is 0 Å². The maximum absolute atomic E-state index is 11.3. The average molecular weight is 287 g/mol. The molecule has 2 rings (SSSR count). The highest BCUT2D eigenvalue weighted by molar-refractivity contribution is 5.86. The zero-order chi connectivity index (χ0) is 15.2. The van der Waals surface area contributed by atoms with Crippen LogP contribution >= 0.6 is 0 Å². The van der Waals surface area contributed by atoms with Crippen LogP contribution in [0, 0.1) is 5.92 Å². The number of rotatable bonds is 5. The van der Waals surface area contributed by atoms with E-state index in [2.05, 4.69) is 15.0 Å². The topological polar surface area (TPSA) is 86.8 Å². The summed E-state index contributed by atoms with van der Waals surface area (Å²) in [5.74, 6) is -0.0205. The molecule has 0 saturated carbocycles. The van der Waals surface area contributed by atoms with Crippen LogP contribution in [0.2, 0.25) is 0 Å². The van der Waals surface area contributed by atoms with Gasteiger partial charge in [0.1, 0.15) is 17.9 Å². The number of carbonyl (C=O) groups excluding carboxylic acids is 1. The molecule has 0 bridgehead atoms. The first-order valence-electron chi connectivity index (χ1n) is 6.57. The Kier molecular flexibility index (Phi) is 4.71. The van der Waals surface area contributed by atoms with E-state index in [9.17, 15) is 4.79 Å². The van der Waals surface area contributed by atoms with Crippen LogP contribution in [-0.2, 0) is 9.63 Å². The van der Waals surface area contributed by atoms with Crippen molar-refractivity contribution in [3.05, 3.63) is 36.5 Å². The fourth-order valence-electron chi connectivity index (χ4n) is 1.58. The molecule has 0 saturated heterocycles. The lowest BCUT2D eigenvalue weighted by Crippen LogP contribution is -2.22. The Morgan fingerprint density at radius 2 is 2.10 bits per heavy atom. The van der Waals surface area contributed by atoms with E-state index in [0.717, 1.165) is 10.9 Å². The summed E-state index contributed by atoms with van der Waals surface area (Å²) in [4.78, 5) is 20.2. The van der Waals surface area contributed by atoms with Gasteiger partial charge < -0.3 is 15.3 Å². The summed E-state index contributed by atoms with van der Waals surface area (Å²) in [5, 5.41) is 4.51. The quantitative estimate of drug-likeness (QED) is 0.394. The third-order valence-electron chi connectivity index (χ3n) is 2.70. The van der Waals surface area contributed by atoms with Crippen molar-refractivity contribution in [1.29, 1.82) is 0 Å². The fraction of sp³-hybridized carbons (Fsp3) is 0.267. The Balaban J connectivity index is 2.01. The van der Waals surface area contributed by atoms with E-state index < -0.39 is 5.97 Å². The van der Waals surface area contributed by atoms with Crippen molar-refractivity contribution in [2.45, 2.75) is 13.8 Å². The maximum atomic E-state index is 11.3. The molecule has 0 aliphatic rings. The molecule has 0 atom stereocenters. The number of fused-ring (bicyclic) bond motifs is 1. The highest BCUT2D eigenvalue weighted by Gasteiger charge is 2.09. The van der Waals surface area contributed by atoms with Crippen LogP contribution in [-0.4, -0.2) is 23.4 Å². The standard InChI is InChI=1S/C15H17N3O3/c1-10(2)15(19)21-18-13(16)9-20-12-7-3-5-11-6-4-8-17-14(11)12/h3-8,10H,9H2,1-2H3,(H2,16,18). The lowest BCUT2D eigenvalue weighted by molar-refractivity contribution is -0.147. The van der Waals surface area contributed by atoms with Gasteiger partial charge in [0.15, 0.2) is 5.84 Å². The Hall–Kier alpha value is -2.63. The second-order valence-corrected chi connectivity index (χ2v) is 4.77. The Bertz CT molecular complexity index is 663. The first kappa shape index (κ1) is 14.8. The molecular weight excluding hydrogens is 270 g/mol. The van der Waals surface area contributed by atoms with Crippen molar-refractivity contribution >= 4 is 22.7 Å². The van der Waals surface area contributed by atoms with E-state index in [1.165, 1.54) is 0 Å². The third kappa shape index (κ3) is 3.92. The molecule has 0 aliphatic heterocycles. The summed E-state index contributed by atoms with van der Waals surface area (Å²) < 4.78 is 5.56. The van der Waals surface area contributed by atoms with E-state index in [4.69, 9.17) is 10.5 Å². The second-order valence-electron chi connectivity index (χ2n) is 4.77. The van der Waals surface area contributed by atoms with Crippen LogP contribution in [0.3, 0.4) is 0 Å². The second kappa shape index (κ2) is 6.69. The molecule has 1 heterocycles. The van der Waals surface area contributed by atoms with Crippen LogP contribution in [0.4, 0.5) is 0 Å². The number of hydrogen-bond donors (Lipinski definition) is 1. The molecule has 2 aromatic rings. The molecular formula is C15H17N3O3. The first-order valence-corrected chi connectivity index (χ1v) is 6.57. The summed E-state index contributed by atoms with van der Waals surface area (Å²) in [7, 11) is 0. The monoisotopic (exact) mass is 287 g/mol. The van der Waals surface area contributed by atoms with Gasteiger partial charge in [-0.3, -0.25) is 4.98 Å². The van der Waals surface area contributed by atoms with Crippen LogP contribution in [0.1, 0.15) is 13.8 Å². The molecule has 0 unspecified atom stereocenters. The van der Waals surface area contributed by atoms with E-state index in [-0.39, 0.29) is 18.4 Å². The molecule has 6 nitrogen and oxygen atoms in total. The number of benzene rings is 1. The van der Waals surface area contributed by atoms with Gasteiger partial charge in [-0.25, -0.2) is 4.79 Å². The number of ether oxygens (including phenoxy) is 1. The number of nitrogens with zero attached hydrogens (tertiary/aromatic N) is 2. The Morgan fingerprint density at radius 3 is 2.86 bits per heavy atom. The third-order valence-corrected chi connectivity index (χ3v) is 2.70. The number of pyridine rings is 1. The number of aromatic nitrogens is 1. The number of oxime groups is 1. The van der Waals surface area contributed by atoms with Crippen LogP contribution in [0.5, 0.6) is 5.75 Å². The number of nitrogens with two attached hydrogens (primary N) is 1. The molecule has 0 amide bonds. The van der Waals surface area contributed by atoms with E-state index in [0.29, 0.717) is 5.75 Å². The summed E-state index contributed by atoms with van der Waals surface area (Å²) in [5.41, 5.74) is 6.38. The molecule has 0 radical (unpaired) electrons. The highest BCUT2D eigenvalue weighted by atomic mass is 16.7. The highest BCUT2D eigenvalue weighted by Crippen LogP contribution is 2.22. The number of para-hydroxylation sites is 1. The number of hydrogen-bond acceptors (Lipinski definition) is 5. The molecule has 21 heavy (non-hydrogen) atoms. The SMILES string of the molecule is CC(C)C(=O)ON=C(N)COc1cccc2cccnc12. The van der Waals surface area contributed by atoms with Gasteiger partial charge in [-0.1, -0.05) is 37.2 Å². The van der Waals surface area contributed by atoms with Crippen molar-refractivity contribution in [3.8, 4) is 5.75 Å². The van der Waals surface area contributed by atoms with Gasteiger partial charge in [-0.05, 0) is 12.1 Å². The predicted molar refractivity (Wildman–Crippen MR) is 79.8 cm³/mol. The van der Waals surface area contributed by atoms with E-state index in [1.807, 2.05) is 24.3 Å². The molecule has 110 valence electrons. The van der Waals surface area contributed by atoms with Crippen molar-refractivity contribution < 1.29 is 14.4 Å². The van der Waals surface area contributed by atoms with Crippen molar-refractivity contribution in [2.75, 3.05) is 6.61 Å². The van der Waals surface area contributed by atoms with Crippen molar-refractivity contribution in [3.63, 3.8) is 0 Å². The largest absolute Gasteiger partial charge is 0.483 e. The Labute approximate surface area is 122 Å². The van der Waals surface area contributed by atoms with Crippen LogP contribution in [0.15, 0.2) is 41.7 Å².